The van der Waals surface area contributed by atoms with Gasteiger partial charge in [0.1, 0.15) is 21.7 Å². The number of hydrogen-bond donors (Lipinski definition) is 0. The van der Waals surface area contributed by atoms with Gasteiger partial charge in [0.25, 0.3) is 5.91 Å². The van der Waals surface area contributed by atoms with Gasteiger partial charge in [0, 0.05) is 23.5 Å². The molecular formula is C24H20ClN3O3S. The van der Waals surface area contributed by atoms with Gasteiger partial charge in [-0.05, 0) is 41.5 Å². The third-order valence-corrected chi connectivity index (χ3v) is 6.21. The first kappa shape index (κ1) is 21.8. The normalized spacial score (nSPS) is 11.1. The lowest BCUT2D eigenvalue weighted by molar-refractivity contribution is -0.114. The molecule has 0 spiro atoms. The highest BCUT2D eigenvalue weighted by Gasteiger charge is 2.22. The van der Waals surface area contributed by atoms with Crippen LogP contribution in [0.15, 0.2) is 67.0 Å². The Morgan fingerprint density at radius 3 is 2.59 bits per heavy atom. The quantitative estimate of drug-likeness (QED) is 0.332. The number of nitrogens with zero attached hydrogens (tertiary/aromatic N) is 3. The first-order valence-electron chi connectivity index (χ1n) is 9.75. The van der Waals surface area contributed by atoms with E-state index >= 15 is 0 Å². The second kappa shape index (κ2) is 9.80. The highest BCUT2D eigenvalue weighted by Crippen LogP contribution is 2.40. The van der Waals surface area contributed by atoms with E-state index in [1.165, 1.54) is 17.4 Å². The Morgan fingerprint density at radius 1 is 1.09 bits per heavy atom. The number of carbonyl (C=O) groups is 1. The summed E-state index contributed by atoms with van der Waals surface area (Å²) in [6.45, 7) is 0.310. The van der Waals surface area contributed by atoms with Crippen LogP contribution in [-0.4, -0.2) is 30.1 Å². The van der Waals surface area contributed by atoms with Crippen molar-refractivity contribution in [2.24, 2.45) is 0 Å². The van der Waals surface area contributed by atoms with E-state index in [1.54, 1.807) is 49.7 Å². The first-order valence-corrected chi connectivity index (χ1v) is 10.9. The third-order valence-electron chi connectivity index (χ3n) is 4.77. The minimum absolute atomic E-state index is 0.231. The van der Waals surface area contributed by atoms with Crippen LogP contribution in [0.5, 0.6) is 11.5 Å². The molecule has 0 atom stereocenters. The van der Waals surface area contributed by atoms with Gasteiger partial charge in [-0.15, -0.1) is 0 Å². The molecule has 0 fully saturated rings. The van der Waals surface area contributed by atoms with Gasteiger partial charge in [-0.2, -0.15) is 0 Å². The molecule has 0 aliphatic carbocycles. The molecule has 162 valence electrons. The van der Waals surface area contributed by atoms with Crippen molar-refractivity contribution in [3.63, 3.8) is 0 Å². The highest BCUT2D eigenvalue weighted by molar-refractivity contribution is 7.22. The van der Waals surface area contributed by atoms with Gasteiger partial charge < -0.3 is 9.47 Å². The van der Waals surface area contributed by atoms with Gasteiger partial charge in [-0.3, -0.25) is 14.7 Å². The zero-order chi connectivity index (χ0) is 22.5. The average molecular weight is 466 g/mol. The number of pyridine rings is 1. The largest absolute Gasteiger partial charge is 0.495 e. The van der Waals surface area contributed by atoms with Crippen LogP contribution in [0.3, 0.4) is 0 Å². The second-order valence-corrected chi connectivity index (χ2v) is 8.17. The van der Waals surface area contributed by atoms with Crippen molar-refractivity contribution < 1.29 is 14.3 Å². The molecule has 0 radical (unpaired) electrons. The standard InChI is InChI=1S/C24H20ClN3O3S/c1-30-19-10-11-20(31-2)23-22(19)27-24(32-23)28(15-16-6-5-13-26-14-16)21(29)12-9-17-7-3-4-8-18(17)25/h3-14H,15H2,1-2H3/b12-9+. The summed E-state index contributed by atoms with van der Waals surface area (Å²) in [6, 6.07) is 14.7. The summed E-state index contributed by atoms with van der Waals surface area (Å²) in [5.74, 6) is 1.05. The van der Waals surface area contributed by atoms with Crippen LogP contribution in [0.1, 0.15) is 11.1 Å². The zero-order valence-corrected chi connectivity index (χ0v) is 19.1. The van der Waals surface area contributed by atoms with Crippen molar-refractivity contribution in [1.82, 2.24) is 9.97 Å². The number of benzene rings is 2. The van der Waals surface area contributed by atoms with Gasteiger partial charge in [0.15, 0.2) is 5.13 Å². The van der Waals surface area contributed by atoms with Gasteiger partial charge in [-0.25, -0.2) is 4.98 Å². The number of amides is 1. The molecule has 32 heavy (non-hydrogen) atoms. The van der Waals surface area contributed by atoms with Crippen molar-refractivity contribution in [2.45, 2.75) is 6.54 Å². The predicted molar refractivity (Wildman–Crippen MR) is 129 cm³/mol. The summed E-state index contributed by atoms with van der Waals surface area (Å²) in [4.78, 5) is 23.8. The van der Waals surface area contributed by atoms with E-state index in [1.807, 2.05) is 36.4 Å². The molecule has 4 aromatic rings. The summed E-state index contributed by atoms with van der Waals surface area (Å²) >= 11 is 7.60. The van der Waals surface area contributed by atoms with Gasteiger partial charge >= 0.3 is 0 Å². The molecule has 8 heteroatoms. The molecule has 0 aliphatic heterocycles. The van der Waals surface area contributed by atoms with E-state index in [9.17, 15) is 4.79 Å². The smallest absolute Gasteiger partial charge is 0.253 e. The molecule has 2 aromatic carbocycles. The monoisotopic (exact) mass is 465 g/mol. The maximum Gasteiger partial charge on any atom is 0.253 e. The van der Waals surface area contributed by atoms with Gasteiger partial charge in [0.2, 0.25) is 0 Å². The first-order chi connectivity index (χ1) is 15.6. The minimum Gasteiger partial charge on any atom is -0.495 e. The fraction of sp³-hybridized carbons (Fsp3) is 0.125. The van der Waals surface area contributed by atoms with Crippen LogP contribution in [-0.2, 0) is 11.3 Å². The van der Waals surface area contributed by atoms with E-state index in [0.29, 0.717) is 33.7 Å². The highest BCUT2D eigenvalue weighted by atomic mass is 35.5. The number of aromatic nitrogens is 2. The van der Waals surface area contributed by atoms with Crippen LogP contribution in [0.2, 0.25) is 5.02 Å². The molecule has 2 aromatic heterocycles. The number of thiazole rings is 1. The van der Waals surface area contributed by atoms with E-state index in [4.69, 9.17) is 26.1 Å². The molecule has 4 rings (SSSR count). The molecule has 0 saturated carbocycles. The van der Waals surface area contributed by atoms with Crippen LogP contribution < -0.4 is 14.4 Å². The summed E-state index contributed by atoms with van der Waals surface area (Å²) in [7, 11) is 3.19. The fourth-order valence-corrected chi connectivity index (χ4v) is 4.44. The minimum atomic E-state index is -0.231. The van der Waals surface area contributed by atoms with E-state index in [0.717, 1.165) is 15.8 Å². The number of fused-ring (bicyclic) bond motifs is 1. The summed E-state index contributed by atoms with van der Waals surface area (Å²) in [5, 5.41) is 1.10. The van der Waals surface area contributed by atoms with Gasteiger partial charge in [0.05, 0.1) is 20.8 Å². The Balaban J connectivity index is 1.76. The fourth-order valence-electron chi connectivity index (χ4n) is 3.17. The Bertz CT molecular complexity index is 1230. The third kappa shape index (κ3) is 4.59. The Kier molecular flexibility index (Phi) is 6.68. The molecule has 0 N–H and O–H groups in total. The maximum atomic E-state index is 13.3. The lowest BCUT2D eigenvalue weighted by atomic mass is 10.2. The van der Waals surface area contributed by atoms with Gasteiger partial charge in [-0.1, -0.05) is 47.2 Å². The van der Waals surface area contributed by atoms with Crippen LogP contribution in [0.25, 0.3) is 16.3 Å². The number of anilines is 1. The lowest BCUT2D eigenvalue weighted by Gasteiger charge is -2.18. The number of hydrogen-bond acceptors (Lipinski definition) is 6. The average Bonchev–Trinajstić information content (AvgIpc) is 3.27. The molecule has 0 bridgehead atoms. The summed E-state index contributed by atoms with van der Waals surface area (Å²) in [6.07, 6.45) is 6.63. The van der Waals surface area contributed by atoms with Crippen LogP contribution in [0, 0.1) is 0 Å². The Morgan fingerprint density at radius 2 is 1.88 bits per heavy atom. The second-order valence-electron chi connectivity index (χ2n) is 6.78. The van der Waals surface area contributed by atoms with E-state index in [-0.39, 0.29) is 5.91 Å². The zero-order valence-electron chi connectivity index (χ0n) is 17.5. The molecular weight excluding hydrogens is 446 g/mol. The van der Waals surface area contributed by atoms with Crippen molar-refractivity contribution in [3.05, 3.63) is 83.2 Å². The molecule has 1 amide bonds. The predicted octanol–water partition coefficient (Wildman–Crippen LogP) is 5.61. The number of rotatable bonds is 7. The maximum absolute atomic E-state index is 13.3. The van der Waals surface area contributed by atoms with Crippen molar-refractivity contribution >= 4 is 50.3 Å². The van der Waals surface area contributed by atoms with Crippen molar-refractivity contribution in [1.29, 1.82) is 0 Å². The molecule has 0 aliphatic rings. The SMILES string of the molecule is COc1ccc(OC)c2sc(N(Cc3cccnc3)C(=O)/C=C/c3ccccc3Cl)nc12. The van der Waals surface area contributed by atoms with Crippen LogP contribution in [0.4, 0.5) is 5.13 Å². The molecule has 0 unspecified atom stereocenters. The topological polar surface area (TPSA) is 64.6 Å². The van der Waals surface area contributed by atoms with Crippen molar-refractivity contribution in [3.8, 4) is 11.5 Å². The van der Waals surface area contributed by atoms with Crippen molar-refractivity contribution in [2.75, 3.05) is 19.1 Å². The summed E-state index contributed by atoms with van der Waals surface area (Å²) in [5.41, 5.74) is 2.28. The Hall–Kier alpha value is -3.42. The van der Waals surface area contributed by atoms with E-state index in [2.05, 4.69) is 4.98 Å². The lowest BCUT2D eigenvalue weighted by Crippen LogP contribution is -2.28. The number of ether oxygens (including phenoxy) is 2. The molecule has 6 nitrogen and oxygen atoms in total. The van der Waals surface area contributed by atoms with Crippen LogP contribution >= 0.6 is 22.9 Å². The molecule has 0 saturated heterocycles. The van der Waals surface area contributed by atoms with E-state index < -0.39 is 0 Å². The number of methoxy groups -OCH3 is 2. The number of carbonyl (C=O) groups excluding carboxylic acids is 1. The summed E-state index contributed by atoms with van der Waals surface area (Å²) < 4.78 is 11.8. The Labute approximate surface area is 194 Å². The number of halogens is 1. The molecule has 2 heterocycles.